The van der Waals surface area contributed by atoms with E-state index in [2.05, 4.69) is 5.32 Å². The summed E-state index contributed by atoms with van der Waals surface area (Å²) in [6.07, 6.45) is 2.68. The molecule has 0 unspecified atom stereocenters. The van der Waals surface area contributed by atoms with Crippen molar-refractivity contribution in [2.45, 2.75) is 6.92 Å². The van der Waals surface area contributed by atoms with Crippen LogP contribution in [0.15, 0.2) is 42.5 Å². The van der Waals surface area contributed by atoms with Gasteiger partial charge in [0, 0.05) is 16.8 Å². The van der Waals surface area contributed by atoms with E-state index in [9.17, 15) is 14.7 Å². The third-order valence-corrected chi connectivity index (χ3v) is 3.66. The molecule has 0 radical (unpaired) electrons. The van der Waals surface area contributed by atoms with E-state index in [1.807, 2.05) is 6.92 Å². The summed E-state index contributed by atoms with van der Waals surface area (Å²) >= 11 is 5.86. The quantitative estimate of drug-likeness (QED) is 0.595. The van der Waals surface area contributed by atoms with Crippen molar-refractivity contribution in [3.63, 3.8) is 0 Å². The van der Waals surface area contributed by atoms with Crippen LogP contribution in [0.1, 0.15) is 11.1 Å². The van der Waals surface area contributed by atoms with E-state index in [1.54, 1.807) is 30.3 Å². The molecule has 6 nitrogen and oxygen atoms in total. The van der Waals surface area contributed by atoms with Crippen LogP contribution in [-0.2, 0) is 14.3 Å². The van der Waals surface area contributed by atoms with Crippen molar-refractivity contribution < 1.29 is 24.2 Å². The number of benzene rings is 2. The molecule has 1 amide bonds. The first-order valence-electron chi connectivity index (χ1n) is 7.67. The van der Waals surface area contributed by atoms with E-state index in [-0.39, 0.29) is 5.75 Å². The van der Waals surface area contributed by atoms with Crippen LogP contribution in [0.2, 0.25) is 5.02 Å². The third-order valence-electron chi connectivity index (χ3n) is 3.42. The van der Waals surface area contributed by atoms with Gasteiger partial charge >= 0.3 is 5.97 Å². The number of methoxy groups -OCH3 is 1. The minimum Gasteiger partial charge on any atom is -0.504 e. The molecule has 0 atom stereocenters. The van der Waals surface area contributed by atoms with Crippen LogP contribution in [0.3, 0.4) is 0 Å². The fraction of sp³-hybridized carbons (Fsp3) is 0.158. The molecule has 0 aliphatic carbocycles. The molecule has 0 spiro atoms. The van der Waals surface area contributed by atoms with Crippen LogP contribution in [0.4, 0.5) is 5.69 Å². The van der Waals surface area contributed by atoms with Crippen molar-refractivity contribution in [3.05, 3.63) is 58.6 Å². The fourth-order valence-corrected chi connectivity index (χ4v) is 2.33. The Morgan fingerprint density at radius 1 is 1.23 bits per heavy atom. The second-order valence-corrected chi connectivity index (χ2v) is 5.82. The highest BCUT2D eigenvalue weighted by Gasteiger charge is 2.08. The summed E-state index contributed by atoms with van der Waals surface area (Å²) in [6, 6.07) is 9.68. The molecule has 2 aromatic rings. The lowest BCUT2D eigenvalue weighted by Gasteiger charge is -2.08. The standard InChI is InChI=1S/C19H18ClNO5/c1-12-9-14(20)5-6-15(12)21-18(23)11-26-19(24)8-4-13-3-7-16(22)17(10-13)25-2/h3-10,22H,11H2,1-2H3,(H,21,23)/b8-4+. The Bertz CT molecular complexity index is 848. The maximum absolute atomic E-state index is 11.9. The SMILES string of the molecule is COc1cc(/C=C/C(=O)OCC(=O)Nc2ccc(Cl)cc2C)ccc1O. The van der Waals surface area contributed by atoms with Gasteiger partial charge in [-0.1, -0.05) is 17.7 Å². The number of aryl methyl sites for hydroxylation is 1. The van der Waals surface area contributed by atoms with E-state index < -0.39 is 18.5 Å². The number of ether oxygens (including phenoxy) is 2. The van der Waals surface area contributed by atoms with Gasteiger partial charge in [0.2, 0.25) is 0 Å². The summed E-state index contributed by atoms with van der Waals surface area (Å²) in [5, 5.41) is 12.7. The summed E-state index contributed by atoms with van der Waals surface area (Å²) in [4.78, 5) is 23.6. The van der Waals surface area contributed by atoms with E-state index in [1.165, 1.54) is 25.3 Å². The number of rotatable bonds is 6. The van der Waals surface area contributed by atoms with Crippen molar-refractivity contribution >= 4 is 35.2 Å². The molecule has 0 aliphatic rings. The zero-order valence-electron chi connectivity index (χ0n) is 14.3. The molecule has 2 N–H and O–H groups in total. The molecule has 0 aliphatic heterocycles. The van der Waals surface area contributed by atoms with Crippen molar-refractivity contribution in [3.8, 4) is 11.5 Å². The van der Waals surface area contributed by atoms with Gasteiger partial charge in [0.25, 0.3) is 5.91 Å². The minimum atomic E-state index is -0.667. The number of amides is 1. The Hall–Kier alpha value is -2.99. The maximum atomic E-state index is 11.9. The van der Waals surface area contributed by atoms with Gasteiger partial charge < -0.3 is 19.9 Å². The van der Waals surface area contributed by atoms with Crippen LogP contribution in [-0.4, -0.2) is 30.7 Å². The van der Waals surface area contributed by atoms with Gasteiger partial charge in [-0.25, -0.2) is 4.79 Å². The number of aromatic hydroxyl groups is 1. The van der Waals surface area contributed by atoms with Gasteiger partial charge in [0.15, 0.2) is 18.1 Å². The van der Waals surface area contributed by atoms with E-state index in [4.69, 9.17) is 21.1 Å². The van der Waals surface area contributed by atoms with Crippen LogP contribution in [0, 0.1) is 6.92 Å². The topological polar surface area (TPSA) is 84.9 Å². The second kappa shape index (κ2) is 8.92. The number of anilines is 1. The van der Waals surface area contributed by atoms with Crippen molar-refractivity contribution in [2.24, 2.45) is 0 Å². The zero-order chi connectivity index (χ0) is 19.1. The van der Waals surface area contributed by atoms with Crippen molar-refractivity contribution in [2.75, 3.05) is 19.0 Å². The van der Waals surface area contributed by atoms with Crippen molar-refractivity contribution in [1.82, 2.24) is 0 Å². The lowest BCUT2D eigenvalue weighted by atomic mass is 10.2. The van der Waals surface area contributed by atoms with E-state index in [0.717, 1.165) is 5.56 Å². The first kappa shape index (κ1) is 19.3. The molecule has 2 rings (SSSR count). The molecule has 0 saturated carbocycles. The summed E-state index contributed by atoms with van der Waals surface area (Å²) in [6.45, 7) is 1.40. The van der Waals surface area contributed by atoms with E-state index in [0.29, 0.717) is 22.0 Å². The Morgan fingerprint density at radius 3 is 2.69 bits per heavy atom. The lowest BCUT2D eigenvalue weighted by molar-refractivity contribution is -0.142. The number of nitrogens with one attached hydrogen (secondary N) is 1. The number of esters is 1. The van der Waals surface area contributed by atoms with Gasteiger partial charge in [-0.15, -0.1) is 0 Å². The monoisotopic (exact) mass is 375 g/mol. The lowest BCUT2D eigenvalue weighted by Crippen LogP contribution is -2.20. The summed E-state index contributed by atoms with van der Waals surface area (Å²) < 4.78 is 9.88. The predicted octanol–water partition coefficient (Wildman–Crippen LogP) is 3.56. The third kappa shape index (κ3) is 5.53. The molecule has 26 heavy (non-hydrogen) atoms. The normalized spacial score (nSPS) is 10.6. The fourth-order valence-electron chi connectivity index (χ4n) is 2.10. The molecular formula is C19H18ClNO5. The number of phenols is 1. The Balaban J connectivity index is 1.87. The number of carbonyl (C=O) groups excluding carboxylic acids is 2. The maximum Gasteiger partial charge on any atom is 0.331 e. The summed E-state index contributed by atoms with van der Waals surface area (Å²) in [5.41, 5.74) is 2.04. The summed E-state index contributed by atoms with van der Waals surface area (Å²) in [7, 11) is 1.43. The second-order valence-electron chi connectivity index (χ2n) is 5.38. The van der Waals surface area contributed by atoms with Gasteiger partial charge in [0.1, 0.15) is 0 Å². The molecule has 0 aromatic heterocycles. The smallest absolute Gasteiger partial charge is 0.331 e. The molecule has 2 aromatic carbocycles. The molecule has 136 valence electrons. The number of carbonyl (C=O) groups is 2. The molecule has 0 heterocycles. The Kier molecular flexibility index (Phi) is 6.63. The Morgan fingerprint density at radius 2 is 2.00 bits per heavy atom. The van der Waals surface area contributed by atoms with Crippen molar-refractivity contribution in [1.29, 1.82) is 0 Å². The van der Waals surface area contributed by atoms with Crippen LogP contribution in [0.25, 0.3) is 6.08 Å². The highest BCUT2D eigenvalue weighted by molar-refractivity contribution is 6.30. The number of hydrogen-bond acceptors (Lipinski definition) is 5. The molecular weight excluding hydrogens is 358 g/mol. The molecule has 0 fully saturated rings. The average molecular weight is 376 g/mol. The molecule has 7 heteroatoms. The highest BCUT2D eigenvalue weighted by Crippen LogP contribution is 2.26. The van der Waals surface area contributed by atoms with Crippen LogP contribution in [0.5, 0.6) is 11.5 Å². The summed E-state index contributed by atoms with van der Waals surface area (Å²) in [5.74, 6) is -0.830. The Labute approximate surface area is 156 Å². The minimum absolute atomic E-state index is 0.00129. The van der Waals surface area contributed by atoms with Gasteiger partial charge in [-0.2, -0.15) is 0 Å². The predicted molar refractivity (Wildman–Crippen MR) is 99.5 cm³/mol. The number of hydrogen-bond donors (Lipinski definition) is 2. The first-order chi connectivity index (χ1) is 12.4. The van der Waals surface area contributed by atoms with E-state index >= 15 is 0 Å². The van der Waals surface area contributed by atoms with Gasteiger partial charge in [-0.3, -0.25) is 4.79 Å². The molecule has 0 saturated heterocycles. The average Bonchev–Trinajstić information content (AvgIpc) is 2.61. The highest BCUT2D eigenvalue weighted by atomic mass is 35.5. The number of phenolic OH excluding ortho intramolecular Hbond substituents is 1. The molecule has 0 bridgehead atoms. The largest absolute Gasteiger partial charge is 0.504 e. The van der Waals surface area contributed by atoms with Crippen LogP contribution < -0.4 is 10.1 Å². The first-order valence-corrected chi connectivity index (χ1v) is 8.04. The zero-order valence-corrected chi connectivity index (χ0v) is 15.0. The van der Waals surface area contributed by atoms with Gasteiger partial charge in [0.05, 0.1) is 7.11 Å². The van der Waals surface area contributed by atoms with Crippen LogP contribution >= 0.6 is 11.6 Å². The number of halogens is 1. The van der Waals surface area contributed by atoms with Gasteiger partial charge in [-0.05, 0) is 54.5 Å².